The van der Waals surface area contributed by atoms with Gasteiger partial charge in [0, 0.05) is 30.5 Å². The highest BCUT2D eigenvalue weighted by atomic mass is 19.1. The normalized spacial score (nSPS) is 13.7. The van der Waals surface area contributed by atoms with Crippen molar-refractivity contribution in [3.63, 3.8) is 0 Å². The Balaban J connectivity index is 1.31. The molecule has 0 N–H and O–H groups in total. The number of fused-ring (bicyclic) bond motifs is 1. The summed E-state index contributed by atoms with van der Waals surface area (Å²) in [5, 5.41) is 0.610. The van der Waals surface area contributed by atoms with E-state index in [9.17, 15) is 14.0 Å². The van der Waals surface area contributed by atoms with E-state index in [1.54, 1.807) is 42.6 Å². The summed E-state index contributed by atoms with van der Waals surface area (Å²) in [6.07, 6.45) is 2.48. The van der Waals surface area contributed by atoms with Gasteiger partial charge in [-0.25, -0.2) is 8.78 Å². The van der Waals surface area contributed by atoms with Crippen LogP contribution in [-0.4, -0.2) is 30.8 Å². The third-order valence-corrected chi connectivity index (χ3v) is 6.88. The molecule has 0 radical (unpaired) electrons. The first-order chi connectivity index (χ1) is 18.3. The van der Waals surface area contributed by atoms with E-state index < -0.39 is 11.2 Å². The topological polar surface area (TPSA) is 74.7 Å². The molecule has 4 aromatic rings. The zero-order chi connectivity index (χ0) is 26.9. The third kappa shape index (κ3) is 4.94. The highest BCUT2D eigenvalue weighted by molar-refractivity contribution is 6.10. The molecule has 8 heteroatoms. The number of pyridine rings is 1. The Hall–Kier alpha value is -4.33. The van der Waals surface area contributed by atoms with E-state index in [2.05, 4.69) is 4.98 Å². The van der Waals surface area contributed by atoms with E-state index in [1.807, 2.05) is 0 Å². The fourth-order valence-corrected chi connectivity index (χ4v) is 4.54. The molecular formula is C30H25F2NO5. The molecule has 0 amide bonds. The molecular weight excluding hydrogens is 492 g/mol. The number of hydrogen-bond donors (Lipinski definition) is 0. The second kappa shape index (κ2) is 10.2. The van der Waals surface area contributed by atoms with Gasteiger partial charge in [0.2, 0.25) is 0 Å². The molecule has 6 nitrogen and oxygen atoms in total. The van der Waals surface area contributed by atoms with Crippen molar-refractivity contribution in [1.82, 2.24) is 4.98 Å². The van der Waals surface area contributed by atoms with Crippen molar-refractivity contribution in [2.75, 3.05) is 14.2 Å². The quantitative estimate of drug-likeness (QED) is 0.239. The van der Waals surface area contributed by atoms with Crippen molar-refractivity contribution in [1.29, 1.82) is 0 Å². The molecule has 1 fully saturated rings. The molecule has 3 aromatic carbocycles. The average molecular weight is 518 g/mol. The van der Waals surface area contributed by atoms with Crippen molar-refractivity contribution in [2.45, 2.75) is 25.7 Å². The first-order valence-electron chi connectivity index (χ1n) is 12.1. The molecule has 0 saturated heterocycles. The van der Waals surface area contributed by atoms with E-state index >= 15 is 4.39 Å². The number of ketones is 2. The Morgan fingerprint density at radius 3 is 2.05 bits per heavy atom. The minimum Gasteiger partial charge on any atom is -0.493 e. The van der Waals surface area contributed by atoms with Crippen LogP contribution in [0.5, 0.6) is 23.0 Å². The molecule has 1 aliphatic carbocycles. The largest absolute Gasteiger partial charge is 0.493 e. The molecule has 1 aromatic heterocycles. The second-order valence-electron chi connectivity index (χ2n) is 9.31. The first kappa shape index (κ1) is 25.3. The van der Waals surface area contributed by atoms with E-state index in [-0.39, 0.29) is 36.0 Å². The maximum Gasteiger partial charge on any atom is 0.166 e. The van der Waals surface area contributed by atoms with E-state index in [0.717, 1.165) is 0 Å². The van der Waals surface area contributed by atoms with Crippen LogP contribution in [0.25, 0.3) is 10.9 Å². The number of hydrogen-bond acceptors (Lipinski definition) is 6. The standard InChI is InChI=1S/C30H25F2NO5/c1-36-26-16-21-23(17-27(26)37-2)33-12-9-24(21)38-25-8-5-19(13-22(25)32)15-29(35)30(10-11-30)28(34)14-18-3-6-20(31)7-4-18/h3-9,12-13,16-17H,10-11,14-15H2,1-2H3. The molecule has 38 heavy (non-hydrogen) atoms. The molecule has 194 valence electrons. The van der Waals surface area contributed by atoms with Gasteiger partial charge in [-0.2, -0.15) is 0 Å². The summed E-state index contributed by atoms with van der Waals surface area (Å²) < 4.78 is 44.8. The fraction of sp³-hybridized carbons (Fsp3) is 0.233. The molecule has 1 heterocycles. The number of halogens is 2. The van der Waals surface area contributed by atoms with Crippen LogP contribution < -0.4 is 14.2 Å². The number of nitrogens with zero attached hydrogens (tertiary/aromatic N) is 1. The minimum absolute atomic E-state index is 0.0167. The van der Waals surface area contributed by atoms with Crippen LogP contribution in [0.1, 0.15) is 24.0 Å². The molecule has 0 bridgehead atoms. The average Bonchev–Trinajstić information content (AvgIpc) is 3.73. The van der Waals surface area contributed by atoms with Crippen LogP contribution in [-0.2, 0) is 22.4 Å². The van der Waals surface area contributed by atoms with Crippen molar-refractivity contribution in [3.8, 4) is 23.0 Å². The first-order valence-corrected chi connectivity index (χ1v) is 12.1. The molecule has 0 spiro atoms. The maximum absolute atomic E-state index is 15.0. The Morgan fingerprint density at radius 1 is 0.789 bits per heavy atom. The third-order valence-electron chi connectivity index (χ3n) is 6.88. The number of carbonyl (C=O) groups is 2. The summed E-state index contributed by atoms with van der Waals surface area (Å²) in [5.41, 5.74) is 0.646. The highest BCUT2D eigenvalue weighted by Crippen LogP contribution is 2.49. The van der Waals surface area contributed by atoms with Gasteiger partial charge in [-0.3, -0.25) is 14.6 Å². The van der Waals surface area contributed by atoms with Crippen LogP contribution in [0.2, 0.25) is 0 Å². The Kier molecular flexibility index (Phi) is 6.80. The van der Waals surface area contributed by atoms with Gasteiger partial charge in [-0.15, -0.1) is 0 Å². The van der Waals surface area contributed by atoms with Crippen LogP contribution >= 0.6 is 0 Å². The van der Waals surface area contributed by atoms with E-state index in [4.69, 9.17) is 14.2 Å². The second-order valence-corrected chi connectivity index (χ2v) is 9.31. The molecule has 0 unspecified atom stereocenters. The Morgan fingerprint density at radius 2 is 1.42 bits per heavy atom. The van der Waals surface area contributed by atoms with Crippen LogP contribution in [0.4, 0.5) is 8.78 Å². The highest BCUT2D eigenvalue weighted by Gasteiger charge is 2.54. The number of benzene rings is 3. The van der Waals surface area contributed by atoms with Crippen LogP contribution in [0.15, 0.2) is 66.9 Å². The molecule has 1 aliphatic rings. The van der Waals surface area contributed by atoms with E-state index in [1.165, 1.54) is 38.5 Å². The maximum atomic E-state index is 15.0. The van der Waals surface area contributed by atoms with Crippen LogP contribution in [0.3, 0.4) is 0 Å². The van der Waals surface area contributed by atoms with Crippen molar-refractivity contribution in [3.05, 3.63) is 89.6 Å². The lowest BCUT2D eigenvalue weighted by molar-refractivity contribution is -0.133. The lowest BCUT2D eigenvalue weighted by atomic mass is 9.88. The molecule has 0 atom stereocenters. The van der Waals surface area contributed by atoms with Gasteiger partial charge < -0.3 is 14.2 Å². The van der Waals surface area contributed by atoms with Gasteiger partial charge in [0.05, 0.1) is 25.2 Å². The summed E-state index contributed by atoms with van der Waals surface area (Å²) in [7, 11) is 3.04. The number of carbonyl (C=O) groups excluding carboxylic acids is 2. The summed E-state index contributed by atoms with van der Waals surface area (Å²) in [6, 6.07) is 15.0. The molecule has 0 aliphatic heterocycles. The number of rotatable bonds is 10. The number of aromatic nitrogens is 1. The van der Waals surface area contributed by atoms with Crippen molar-refractivity contribution in [2.24, 2.45) is 5.41 Å². The summed E-state index contributed by atoms with van der Waals surface area (Å²) in [5.74, 6) is -0.0956. The lowest BCUT2D eigenvalue weighted by Gasteiger charge is -2.14. The predicted octanol–water partition coefficient (Wildman–Crippen LogP) is 6.03. The number of Topliss-reactive ketones (excluding diaryl/α,β-unsaturated/α-hetero) is 2. The molecule has 1 saturated carbocycles. The fourth-order valence-electron chi connectivity index (χ4n) is 4.54. The number of ether oxygens (including phenoxy) is 3. The van der Waals surface area contributed by atoms with Gasteiger partial charge in [0.25, 0.3) is 0 Å². The van der Waals surface area contributed by atoms with Gasteiger partial charge in [-0.1, -0.05) is 18.2 Å². The Bertz CT molecular complexity index is 1530. The van der Waals surface area contributed by atoms with Crippen LogP contribution in [0, 0.1) is 17.0 Å². The zero-order valence-electron chi connectivity index (χ0n) is 20.9. The smallest absolute Gasteiger partial charge is 0.166 e. The van der Waals surface area contributed by atoms with E-state index in [0.29, 0.717) is 52.1 Å². The van der Waals surface area contributed by atoms with Gasteiger partial charge in [0.1, 0.15) is 11.6 Å². The Labute approximate surface area is 218 Å². The van der Waals surface area contributed by atoms with Crippen molar-refractivity contribution < 1.29 is 32.6 Å². The zero-order valence-corrected chi connectivity index (χ0v) is 20.9. The van der Waals surface area contributed by atoms with Gasteiger partial charge in [-0.05, 0) is 60.4 Å². The molecule has 5 rings (SSSR count). The summed E-state index contributed by atoms with van der Waals surface area (Å²) in [6.45, 7) is 0. The van der Waals surface area contributed by atoms with Crippen molar-refractivity contribution >= 4 is 22.5 Å². The van der Waals surface area contributed by atoms with Gasteiger partial charge in [0.15, 0.2) is 34.6 Å². The monoisotopic (exact) mass is 517 g/mol. The van der Waals surface area contributed by atoms with Gasteiger partial charge >= 0.3 is 0 Å². The SMILES string of the molecule is COc1cc2nccc(Oc3ccc(CC(=O)C4(C(=O)Cc5ccc(F)cc5)CC4)cc3F)c2cc1OC. The minimum atomic E-state index is -1.05. The predicted molar refractivity (Wildman–Crippen MR) is 137 cm³/mol. The summed E-state index contributed by atoms with van der Waals surface area (Å²) >= 11 is 0. The summed E-state index contributed by atoms with van der Waals surface area (Å²) in [4.78, 5) is 30.3. The lowest BCUT2D eigenvalue weighted by Crippen LogP contribution is -2.28. The number of methoxy groups -OCH3 is 2.